The number of hydrogen-bond acceptors (Lipinski definition) is 8. The molecule has 0 aliphatic heterocycles. The second-order valence-corrected chi connectivity index (χ2v) is 11.9. The van der Waals surface area contributed by atoms with Crippen LogP contribution < -0.4 is 0 Å². The number of hydrogen-bond donors (Lipinski definition) is 4. The van der Waals surface area contributed by atoms with Crippen LogP contribution in [-0.2, 0) is 17.4 Å². The van der Waals surface area contributed by atoms with Crippen molar-refractivity contribution in [2.45, 2.75) is 13.8 Å². The Bertz CT molecular complexity index is 2460. The molecular formula is C42H32CrN4O4. The van der Waals surface area contributed by atoms with Gasteiger partial charge >= 0.3 is 0 Å². The summed E-state index contributed by atoms with van der Waals surface area (Å²) in [6.45, 7) is 3.89. The number of benzene rings is 8. The summed E-state index contributed by atoms with van der Waals surface area (Å²) in [6, 6.07) is 41.0. The number of aromatic hydroxyl groups is 4. The number of fused-ring (bicyclic) bond motifs is 4. The maximum atomic E-state index is 10.3. The van der Waals surface area contributed by atoms with E-state index in [9.17, 15) is 20.4 Å². The zero-order valence-electron chi connectivity index (χ0n) is 27.7. The molecule has 0 fully saturated rings. The summed E-state index contributed by atoms with van der Waals surface area (Å²) < 4.78 is 0. The molecule has 0 spiro atoms. The van der Waals surface area contributed by atoms with E-state index in [1.165, 1.54) is 0 Å². The molecule has 4 N–H and O–H groups in total. The van der Waals surface area contributed by atoms with Gasteiger partial charge in [0.25, 0.3) is 0 Å². The first-order valence-electron chi connectivity index (χ1n) is 16.0. The summed E-state index contributed by atoms with van der Waals surface area (Å²) in [5.41, 5.74) is 3.52. The van der Waals surface area contributed by atoms with Crippen LogP contribution in [0.5, 0.6) is 23.0 Å². The van der Waals surface area contributed by atoms with Crippen molar-refractivity contribution in [3.63, 3.8) is 0 Å². The Kier molecular flexibility index (Phi) is 9.96. The van der Waals surface area contributed by atoms with Crippen LogP contribution in [0, 0.1) is 13.8 Å². The van der Waals surface area contributed by atoms with Crippen molar-refractivity contribution in [2.75, 3.05) is 0 Å². The number of nitrogens with zero attached hydrogens (tertiary/aromatic N) is 4. The Hall–Kier alpha value is -6.27. The first-order valence-corrected chi connectivity index (χ1v) is 16.0. The molecule has 0 heterocycles. The molecule has 0 radical (unpaired) electrons. The number of rotatable bonds is 4. The van der Waals surface area contributed by atoms with E-state index in [0.717, 1.165) is 54.2 Å². The summed E-state index contributed by atoms with van der Waals surface area (Å²) in [6.07, 6.45) is 0. The van der Waals surface area contributed by atoms with Gasteiger partial charge in [0.1, 0.15) is 45.7 Å². The van der Waals surface area contributed by atoms with E-state index >= 15 is 0 Å². The van der Waals surface area contributed by atoms with E-state index < -0.39 is 0 Å². The topological polar surface area (TPSA) is 130 Å². The molecule has 0 atom stereocenters. The fourth-order valence-corrected chi connectivity index (χ4v) is 6.15. The zero-order chi connectivity index (χ0) is 34.8. The summed E-state index contributed by atoms with van der Waals surface area (Å²) in [5, 5.41) is 65.3. The monoisotopic (exact) mass is 708 g/mol. The van der Waals surface area contributed by atoms with Crippen LogP contribution in [0.3, 0.4) is 0 Å². The first kappa shape index (κ1) is 34.6. The van der Waals surface area contributed by atoms with E-state index in [1.807, 2.05) is 123 Å². The third-order valence-electron chi connectivity index (χ3n) is 8.66. The molecule has 0 aromatic heterocycles. The van der Waals surface area contributed by atoms with Crippen LogP contribution in [0.4, 0.5) is 22.7 Å². The van der Waals surface area contributed by atoms with Gasteiger partial charge in [-0.15, -0.1) is 20.5 Å². The molecule has 0 aliphatic carbocycles. The van der Waals surface area contributed by atoms with Crippen LogP contribution in [0.15, 0.2) is 154 Å². The van der Waals surface area contributed by atoms with Crippen LogP contribution >= 0.6 is 0 Å². The molecule has 8 nitrogen and oxygen atoms in total. The van der Waals surface area contributed by atoms with Crippen molar-refractivity contribution >= 4 is 65.8 Å². The standard InChI is InChI=1S/2C21H16N2O2.Cr/c2*1-13-12-19(25)21(17-9-5-4-7-15(13)17)23-22-20-16-8-3-2-6-14(16)10-11-18(20)24;/h2*2-12,24-25H,1H3;. The molecule has 8 rings (SSSR count). The third-order valence-corrected chi connectivity index (χ3v) is 8.66. The smallest absolute Gasteiger partial charge is 0.144 e. The van der Waals surface area contributed by atoms with Crippen molar-refractivity contribution in [1.29, 1.82) is 0 Å². The van der Waals surface area contributed by atoms with Gasteiger partial charge in [-0.1, -0.05) is 109 Å². The molecule has 0 bridgehead atoms. The second kappa shape index (κ2) is 14.7. The Balaban J connectivity index is 0.000000172. The number of phenols is 4. The Morgan fingerprint density at radius 2 is 0.627 bits per heavy atom. The van der Waals surface area contributed by atoms with Gasteiger partial charge in [-0.3, -0.25) is 0 Å². The summed E-state index contributed by atoms with van der Waals surface area (Å²) in [4.78, 5) is 0. The first-order chi connectivity index (χ1) is 24.3. The number of phenolic OH excluding ortho intramolecular Hbond substituents is 4. The molecule has 250 valence electrons. The minimum absolute atomic E-state index is 0. The van der Waals surface area contributed by atoms with Gasteiger partial charge in [-0.2, -0.15) is 0 Å². The van der Waals surface area contributed by atoms with E-state index in [-0.39, 0.29) is 40.4 Å². The molecule has 0 aliphatic rings. The molecule has 9 heteroatoms. The fourth-order valence-electron chi connectivity index (χ4n) is 6.15. The second-order valence-electron chi connectivity index (χ2n) is 11.9. The van der Waals surface area contributed by atoms with Crippen LogP contribution in [0.2, 0.25) is 0 Å². The summed E-state index contributed by atoms with van der Waals surface area (Å²) in [7, 11) is 0. The Labute approximate surface area is 304 Å². The molecule has 8 aromatic carbocycles. The van der Waals surface area contributed by atoms with E-state index in [1.54, 1.807) is 24.3 Å². The molecule has 0 saturated carbocycles. The quantitative estimate of drug-likeness (QED) is 0.136. The maximum absolute atomic E-state index is 10.3. The fraction of sp³-hybridized carbons (Fsp3) is 0.0476. The number of aryl methyl sites for hydroxylation is 2. The predicted molar refractivity (Wildman–Crippen MR) is 200 cm³/mol. The van der Waals surface area contributed by atoms with E-state index in [2.05, 4.69) is 20.5 Å². The van der Waals surface area contributed by atoms with Gasteiger partial charge in [-0.05, 0) is 70.8 Å². The normalized spacial score (nSPS) is 11.3. The molecule has 51 heavy (non-hydrogen) atoms. The van der Waals surface area contributed by atoms with Crippen molar-refractivity contribution < 1.29 is 37.8 Å². The largest absolute Gasteiger partial charge is 0.506 e. The molecular weight excluding hydrogens is 676 g/mol. The summed E-state index contributed by atoms with van der Waals surface area (Å²) >= 11 is 0. The predicted octanol–water partition coefficient (Wildman–Crippen LogP) is 12.3. The summed E-state index contributed by atoms with van der Waals surface area (Å²) in [5.74, 6) is 0.246. The van der Waals surface area contributed by atoms with Crippen molar-refractivity contribution in [3.8, 4) is 23.0 Å². The van der Waals surface area contributed by atoms with Gasteiger partial charge in [-0.25, -0.2) is 0 Å². The van der Waals surface area contributed by atoms with Crippen LogP contribution in [0.25, 0.3) is 43.1 Å². The van der Waals surface area contributed by atoms with E-state index in [0.29, 0.717) is 22.7 Å². The van der Waals surface area contributed by atoms with Gasteiger partial charge < -0.3 is 20.4 Å². The third kappa shape index (κ3) is 6.81. The van der Waals surface area contributed by atoms with Gasteiger partial charge in [0, 0.05) is 38.9 Å². The zero-order valence-corrected chi connectivity index (χ0v) is 29.0. The van der Waals surface area contributed by atoms with Crippen LogP contribution in [0.1, 0.15) is 11.1 Å². The van der Waals surface area contributed by atoms with Crippen molar-refractivity contribution in [1.82, 2.24) is 0 Å². The average Bonchev–Trinajstić information content (AvgIpc) is 3.13. The minimum Gasteiger partial charge on any atom is -0.506 e. The Morgan fingerprint density at radius 1 is 0.333 bits per heavy atom. The Morgan fingerprint density at radius 3 is 1.00 bits per heavy atom. The molecule has 8 aromatic rings. The average molecular weight is 709 g/mol. The van der Waals surface area contributed by atoms with Crippen LogP contribution in [-0.4, -0.2) is 20.4 Å². The van der Waals surface area contributed by atoms with Gasteiger partial charge in [0.2, 0.25) is 0 Å². The molecule has 0 saturated heterocycles. The number of azo groups is 2. The van der Waals surface area contributed by atoms with Crippen molar-refractivity contribution in [2.24, 2.45) is 20.5 Å². The molecule has 0 amide bonds. The van der Waals surface area contributed by atoms with Gasteiger partial charge in [0.15, 0.2) is 0 Å². The minimum atomic E-state index is 0. The van der Waals surface area contributed by atoms with Crippen molar-refractivity contribution in [3.05, 3.63) is 145 Å². The molecule has 0 unspecified atom stereocenters. The maximum Gasteiger partial charge on any atom is 0.144 e. The van der Waals surface area contributed by atoms with E-state index in [4.69, 9.17) is 0 Å². The van der Waals surface area contributed by atoms with Gasteiger partial charge in [0.05, 0.1) is 0 Å². The SMILES string of the molecule is Cc1cc(O)c(N=Nc2c(O)ccc3ccccc23)c2ccccc12.Cc1cc(O)c(N=Nc2c(O)ccc3ccccc23)c2ccccc12.[Cr].